The van der Waals surface area contributed by atoms with Crippen molar-refractivity contribution in [2.24, 2.45) is 28.6 Å². The van der Waals surface area contributed by atoms with Gasteiger partial charge in [0.25, 0.3) is 0 Å². The van der Waals surface area contributed by atoms with E-state index < -0.39 is 63.7 Å². The summed E-state index contributed by atoms with van der Waals surface area (Å²) in [6.45, 7) is 5.39. The zero-order chi connectivity index (χ0) is 25.8. The number of hydrogen-bond donors (Lipinski definition) is 2. The number of fused-ring (bicyclic) bond motifs is 5. The summed E-state index contributed by atoms with van der Waals surface area (Å²) >= 11 is 4.48. The van der Waals surface area contributed by atoms with Gasteiger partial charge in [0.05, 0.1) is 12.4 Å². The minimum atomic E-state index is -2.20. The van der Waals surface area contributed by atoms with E-state index in [-0.39, 0.29) is 35.9 Å². The van der Waals surface area contributed by atoms with Gasteiger partial charge in [-0.3, -0.25) is 4.79 Å². The van der Waals surface area contributed by atoms with Gasteiger partial charge < -0.3 is 19.0 Å². The van der Waals surface area contributed by atoms with E-state index in [4.69, 9.17) is 13.9 Å². The van der Waals surface area contributed by atoms with Gasteiger partial charge in [0.15, 0.2) is 17.1 Å². The van der Waals surface area contributed by atoms with E-state index in [2.05, 4.69) is 12.6 Å². The first kappa shape index (κ1) is 24.4. The van der Waals surface area contributed by atoms with Gasteiger partial charge in [-0.1, -0.05) is 19.9 Å². The number of aliphatic hydroxyl groups excluding tert-OH is 1. The number of halogens is 2. The second kappa shape index (κ2) is 7.54. The highest BCUT2D eigenvalue weighted by Crippen LogP contribution is 2.73. The Balaban J connectivity index is 1.46. The Kier molecular flexibility index (Phi) is 5.11. The van der Waals surface area contributed by atoms with Gasteiger partial charge in [-0.15, -0.1) is 12.6 Å². The first-order valence-corrected chi connectivity index (χ1v) is 13.0. The quantitative estimate of drug-likeness (QED) is 0.349. The second-order valence-corrected chi connectivity index (χ2v) is 12.1. The number of thiol groups is 1. The maximum Gasteiger partial charge on any atom is 0.374 e. The molecule has 5 aliphatic rings. The molecular weight excluding hydrogens is 490 g/mol. The van der Waals surface area contributed by atoms with E-state index >= 15 is 8.78 Å². The number of hydrogen-bond acceptors (Lipinski definition) is 7. The third-order valence-corrected chi connectivity index (χ3v) is 10.5. The van der Waals surface area contributed by atoms with Crippen molar-refractivity contribution in [2.75, 3.05) is 0 Å². The minimum Gasteiger partial charge on any atom is -0.457 e. The Morgan fingerprint density at radius 3 is 2.64 bits per heavy atom. The molecule has 194 valence electrons. The van der Waals surface area contributed by atoms with Crippen LogP contribution in [0, 0.1) is 28.6 Å². The number of allylic oxidation sites excluding steroid dienone is 4. The molecule has 0 spiro atoms. The molecule has 1 N–H and O–H groups in total. The molecule has 11 atom stereocenters. The standard InChI is InChI=1S/C27H30F2O6S/c1-13-9-15-16-11-18(28)17-10-14(30)6-7-24(17,2)26(16,29)20(31)12-25(15,3)27(13,21-23(36)34-21)35-22(32)19-5-4-8-33-19/h4-8,10,13,15-16,18,20-21,23,31,36H,9,11-12H2,1-3H3/t13-,15?,16?,18+,20+,21?,23?,24+,25+,26+,27+/m1/s1. The molecule has 9 heteroatoms. The highest BCUT2D eigenvalue weighted by molar-refractivity contribution is 7.81. The zero-order valence-electron chi connectivity index (χ0n) is 20.3. The fraction of sp³-hybridized carbons (Fsp3) is 0.630. The zero-order valence-corrected chi connectivity index (χ0v) is 21.2. The number of rotatable bonds is 3. The highest BCUT2D eigenvalue weighted by Gasteiger charge is 2.80. The summed E-state index contributed by atoms with van der Waals surface area (Å²) in [5.41, 5.74) is -6.22. The van der Waals surface area contributed by atoms with Crippen LogP contribution in [0.4, 0.5) is 8.78 Å². The maximum atomic E-state index is 17.4. The van der Waals surface area contributed by atoms with Gasteiger partial charge in [-0.2, -0.15) is 0 Å². The molecule has 1 saturated heterocycles. The lowest BCUT2D eigenvalue weighted by Crippen LogP contribution is -2.70. The summed E-state index contributed by atoms with van der Waals surface area (Å²) in [5.74, 6) is -2.60. The molecular formula is C27H30F2O6S. The van der Waals surface area contributed by atoms with Crippen LogP contribution < -0.4 is 0 Å². The van der Waals surface area contributed by atoms with Crippen molar-refractivity contribution in [3.8, 4) is 0 Å². The average Bonchev–Trinajstić information content (AvgIpc) is 3.23. The van der Waals surface area contributed by atoms with E-state index in [1.54, 1.807) is 13.0 Å². The fourth-order valence-electron chi connectivity index (χ4n) is 8.45. The van der Waals surface area contributed by atoms with Crippen molar-refractivity contribution in [3.63, 3.8) is 0 Å². The van der Waals surface area contributed by atoms with Crippen LogP contribution >= 0.6 is 12.6 Å². The smallest absolute Gasteiger partial charge is 0.374 e. The first-order valence-electron chi connectivity index (χ1n) is 12.5. The van der Waals surface area contributed by atoms with E-state index in [0.717, 1.165) is 0 Å². The summed E-state index contributed by atoms with van der Waals surface area (Å²) in [5, 5.41) is 11.6. The maximum absolute atomic E-state index is 17.4. The molecule has 3 saturated carbocycles. The Hall–Kier alpha value is -1.97. The van der Waals surface area contributed by atoms with E-state index in [1.165, 1.54) is 30.6 Å². The molecule has 0 aromatic carbocycles. The van der Waals surface area contributed by atoms with E-state index in [1.807, 2.05) is 13.8 Å². The number of furan rings is 1. The van der Waals surface area contributed by atoms with Crippen molar-refractivity contribution in [2.45, 2.75) is 75.1 Å². The van der Waals surface area contributed by atoms with Crippen LogP contribution in [0.3, 0.4) is 0 Å². The van der Waals surface area contributed by atoms with Gasteiger partial charge in [-0.25, -0.2) is 13.6 Å². The fourth-order valence-corrected chi connectivity index (χ4v) is 8.81. The average molecular weight is 521 g/mol. The van der Waals surface area contributed by atoms with Crippen LogP contribution in [0.2, 0.25) is 0 Å². The number of carbonyl (C=O) groups is 2. The van der Waals surface area contributed by atoms with Crippen LogP contribution in [0.15, 0.2) is 46.6 Å². The normalized spacial score (nSPS) is 51.1. The van der Waals surface area contributed by atoms with Crippen LogP contribution in [-0.4, -0.2) is 51.9 Å². The number of aliphatic hydroxyl groups is 1. The second-order valence-electron chi connectivity index (χ2n) is 11.6. The molecule has 6 nitrogen and oxygen atoms in total. The first-order chi connectivity index (χ1) is 16.9. The Morgan fingerprint density at radius 2 is 2.00 bits per heavy atom. The Labute approximate surface area is 213 Å². The number of alkyl halides is 2. The summed E-state index contributed by atoms with van der Waals surface area (Å²) < 4.78 is 50.4. The van der Waals surface area contributed by atoms with Gasteiger partial charge in [0.2, 0.25) is 5.76 Å². The van der Waals surface area contributed by atoms with Crippen LogP contribution in [0.5, 0.6) is 0 Å². The molecule has 1 aromatic heterocycles. The number of ether oxygens (including phenoxy) is 2. The molecule has 6 rings (SSSR count). The minimum absolute atomic E-state index is 0.0254. The predicted octanol–water partition coefficient (Wildman–Crippen LogP) is 4.39. The summed E-state index contributed by atoms with van der Waals surface area (Å²) in [7, 11) is 0. The number of epoxide rings is 1. The molecule has 4 fully saturated rings. The number of esters is 1. The number of carbonyl (C=O) groups excluding carboxylic acids is 2. The third kappa shape index (κ3) is 2.80. The monoisotopic (exact) mass is 520 g/mol. The molecule has 1 aliphatic heterocycles. The molecule has 0 bridgehead atoms. The lowest BCUT2D eigenvalue weighted by molar-refractivity contribution is -0.228. The summed E-state index contributed by atoms with van der Waals surface area (Å²) in [6, 6.07) is 3.09. The lowest BCUT2D eigenvalue weighted by Gasteiger charge is -2.63. The van der Waals surface area contributed by atoms with Gasteiger partial charge >= 0.3 is 5.97 Å². The molecule has 1 aromatic rings. The van der Waals surface area contributed by atoms with Crippen LogP contribution in [0.25, 0.3) is 0 Å². The van der Waals surface area contributed by atoms with Crippen LogP contribution in [0.1, 0.15) is 50.6 Å². The third-order valence-electron chi connectivity index (χ3n) is 10.1. The molecule has 4 unspecified atom stereocenters. The van der Waals surface area contributed by atoms with Gasteiger partial charge in [0, 0.05) is 16.7 Å². The molecule has 2 heterocycles. The van der Waals surface area contributed by atoms with Crippen molar-refractivity contribution < 1.29 is 37.4 Å². The molecule has 36 heavy (non-hydrogen) atoms. The highest BCUT2D eigenvalue weighted by atomic mass is 32.1. The summed E-state index contributed by atoms with van der Waals surface area (Å²) in [6.07, 6.45) is 1.91. The summed E-state index contributed by atoms with van der Waals surface area (Å²) in [4.78, 5) is 25.2. The Morgan fingerprint density at radius 1 is 1.28 bits per heavy atom. The van der Waals surface area contributed by atoms with Crippen molar-refractivity contribution >= 4 is 24.4 Å². The van der Waals surface area contributed by atoms with Gasteiger partial charge in [-0.05, 0) is 67.9 Å². The van der Waals surface area contributed by atoms with Gasteiger partial charge in [0.1, 0.15) is 17.7 Å². The topological polar surface area (TPSA) is 89.3 Å². The lowest BCUT2D eigenvalue weighted by atomic mass is 9.44. The van der Waals surface area contributed by atoms with E-state index in [0.29, 0.717) is 6.42 Å². The van der Waals surface area contributed by atoms with Crippen molar-refractivity contribution in [3.05, 3.63) is 48.0 Å². The Bertz CT molecular complexity index is 1180. The molecule has 4 aliphatic carbocycles. The van der Waals surface area contributed by atoms with Crippen molar-refractivity contribution in [1.29, 1.82) is 0 Å². The van der Waals surface area contributed by atoms with Crippen molar-refractivity contribution in [1.82, 2.24) is 0 Å². The number of ketones is 1. The largest absolute Gasteiger partial charge is 0.457 e. The SMILES string of the molecule is C[C@@H]1CC2C3C[C@H](F)C4=CC(=O)C=C[C@]4(C)[C@@]3(F)[C@@H](O)C[C@]2(C)[C@@]1(OC(=O)c1ccco1)C1OC1S. The molecule has 0 radical (unpaired) electrons. The molecule has 0 amide bonds. The van der Waals surface area contributed by atoms with E-state index in [9.17, 15) is 14.7 Å². The predicted molar refractivity (Wildman–Crippen MR) is 128 cm³/mol. The van der Waals surface area contributed by atoms with Crippen LogP contribution in [-0.2, 0) is 14.3 Å².